The maximum Gasteiger partial charge on any atom is 0.344 e. The summed E-state index contributed by atoms with van der Waals surface area (Å²) in [5, 5.41) is 0. The predicted molar refractivity (Wildman–Crippen MR) is 74.4 cm³/mol. The Morgan fingerprint density at radius 3 is 2.73 bits per heavy atom. The Hall–Kier alpha value is -1.85. The number of fused-ring (bicyclic) bond motifs is 1. The van der Waals surface area contributed by atoms with E-state index in [1.54, 1.807) is 0 Å². The highest BCUT2D eigenvalue weighted by Gasteiger charge is 2.67. The number of esters is 3. The van der Waals surface area contributed by atoms with E-state index in [9.17, 15) is 14.4 Å². The van der Waals surface area contributed by atoms with Crippen LogP contribution in [0.4, 0.5) is 0 Å². The van der Waals surface area contributed by atoms with E-state index in [0.717, 1.165) is 12.8 Å². The van der Waals surface area contributed by atoms with Crippen LogP contribution in [0.3, 0.4) is 0 Å². The molecule has 22 heavy (non-hydrogen) atoms. The highest BCUT2D eigenvalue weighted by molar-refractivity contribution is 5.88. The second kappa shape index (κ2) is 5.41. The van der Waals surface area contributed by atoms with Crippen molar-refractivity contribution in [3.63, 3.8) is 0 Å². The first-order valence-electron chi connectivity index (χ1n) is 7.66. The van der Waals surface area contributed by atoms with Crippen LogP contribution in [0, 0.1) is 23.7 Å². The first kappa shape index (κ1) is 15.1. The molecule has 3 fully saturated rings. The van der Waals surface area contributed by atoms with Gasteiger partial charge >= 0.3 is 17.9 Å². The topological polar surface area (TPSA) is 78.9 Å². The van der Waals surface area contributed by atoms with Gasteiger partial charge in [0.25, 0.3) is 0 Å². The van der Waals surface area contributed by atoms with Crippen LogP contribution in [-0.2, 0) is 28.6 Å². The minimum absolute atomic E-state index is 0.0313. The SMILES string of the molecule is C=C(C)C(=O)OCC(=O)OC1C2CC3C1OC(=O)C3C2CC. The molecule has 0 radical (unpaired) electrons. The number of rotatable bonds is 5. The van der Waals surface area contributed by atoms with Crippen molar-refractivity contribution in [2.24, 2.45) is 23.7 Å². The number of carbonyl (C=O) groups excluding carboxylic acids is 3. The van der Waals surface area contributed by atoms with Gasteiger partial charge in [-0.1, -0.05) is 19.9 Å². The fraction of sp³-hybridized carbons (Fsp3) is 0.688. The van der Waals surface area contributed by atoms with Crippen molar-refractivity contribution in [3.8, 4) is 0 Å². The molecule has 6 heteroatoms. The quantitative estimate of drug-likeness (QED) is 0.432. The summed E-state index contributed by atoms with van der Waals surface area (Å²) in [4.78, 5) is 35.1. The van der Waals surface area contributed by atoms with Gasteiger partial charge < -0.3 is 14.2 Å². The standard InChI is InChI=1S/C16H20O6/c1-4-8-9-5-10-12(8)16(19)22-14(10)13(9)21-11(17)6-20-15(18)7(2)3/h8-10,12-14H,2,4-6H2,1,3H3. The molecule has 0 N–H and O–H groups in total. The molecule has 6 atom stereocenters. The maximum absolute atomic E-state index is 11.9. The van der Waals surface area contributed by atoms with E-state index in [0.29, 0.717) is 0 Å². The highest BCUT2D eigenvalue weighted by Crippen LogP contribution is 2.59. The van der Waals surface area contributed by atoms with Crippen molar-refractivity contribution in [2.75, 3.05) is 6.61 Å². The van der Waals surface area contributed by atoms with Crippen LogP contribution >= 0.6 is 0 Å². The molecule has 0 aromatic heterocycles. The van der Waals surface area contributed by atoms with Crippen molar-refractivity contribution < 1.29 is 28.6 Å². The first-order chi connectivity index (χ1) is 10.4. The zero-order valence-corrected chi connectivity index (χ0v) is 12.7. The number of hydrogen-bond donors (Lipinski definition) is 0. The summed E-state index contributed by atoms with van der Waals surface area (Å²) in [5.41, 5.74) is 0.228. The summed E-state index contributed by atoms with van der Waals surface area (Å²) in [7, 11) is 0. The zero-order chi connectivity index (χ0) is 16.0. The van der Waals surface area contributed by atoms with E-state index in [2.05, 4.69) is 6.58 Å². The fourth-order valence-electron chi connectivity index (χ4n) is 4.28. The van der Waals surface area contributed by atoms with Crippen LogP contribution in [-0.4, -0.2) is 36.7 Å². The van der Waals surface area contributed by atoms with Crippen molar-refractivity contribution in [3.05, 3.63) is 12.2 Å². The Kier molecular flexibility index (Phi) is 3.70. The summed E-state index contributed by atoms with van der Waals surface area (Å²) in [6, 6.07) is 0. The number of carbonyl (C=O) groups is 3. The molecule has 0 spiro atoms. The molecule has 0 amide bonds. The van der Waals surface area contributed by atoms with Crippen LogP contribution in [0.5, 0.6) is 0 Å². The molecule has 3 rings (SSSR count). The third-order valence-corrected chi connectivity index (χ3v) is 5.12. The molecule has 1 aliphatic heterocycles. The van der Waals surface area contributed by atoms with Gasteiger partial charge in [-0.15, -0.1) is 0 Å². The lowest BCUT2D eigenvalue weighted by molar-refractivity contribution is -0.169. The van der Waals surface area contributed by atoms with Gasteiger partial charge in [-0.05, 0) is 19.3 Å². The monoisotopic (exact) mass is 308 g/mol. The van der Waals surface area contributed by atoms with Crippen LogP contribution in [0.2, 0.25) is 0 Å². The Bertz CT molecular complexity index is 539. The van der Waals surface area contributed by atoms with Crippen LogP contribution < -0.4 is 0 Å². The Morgan fingerprint density at radius 1 is 1.36 bits per heavy atom. The Morgan fingerprint density at radius 2 is 2.09 bits per heavy atom. The minimum atomic E-state index is -0.622. The third kappa shape index (κ3) is 2.21. The zero-order valence-electron chi connectivity index (χ0n) is 12.7. The van der Waals surface area contributed by atoms with Gasteiger partial charge in [0.1, 0.15) is 12.2 Å². The molecule has 1 saturated heterocycles. The smallest absolute Gasteiger partial charge is 0.344 e. The van der Waals surface area contributed by atoms with Gasteiger partial charge in [0.05, 0.1) is 5.92 Å². The summed E-state index contributed by atoms with van der Waals surface area (Å²) >= 11 is 0. The Balaban J connectivity index is 1.62. The number of hydrogen-bond acceptors (Lipinski definition) is 6. The van der Waals surface area contributed by atoms with Crippen molar-refractivity contribution >= 4 is 17.9 Å². The van der Waals surface area contributed by atoms with Gasteiger partial charge in [-0.25, -0.2) is 9.59 Å². The molecule has 1 heterocycles. The van der Waals surface area contributed by atoms with E-state index in [1.165, 1.54) is 6.92 Å². The molecular formula is C16H20O6. The molecule has 2 bridgehead atoms. The van der Waals surface area contributed by atoms with Crippen molar-refractivity contribution in [1.29, 1.82) is 0 Å². The van der Waals surface area contributed by atoms with E-state index in [4.69, 9.17) is 14.2 Å². The second-order valence-electron chi connectivity index (χ2n) is 6.37. The molecule has 0 aromatic rings. The summed E-state index contributed by atoms with van der Waals surface area (Å²) < 4.78 is 15.7. The number of ether oxygens (including phenoxy) is 3. The van der Waals surface area contributed by atoms with Crippen LogP contribution in [0.1, 0.15) is 26.7 Å². The lowest BCUT2D eigenvalue weighted by Crippen LogP contribution is -2.41. The fourth-order valence-corrected chi connectivity index (χ4v) is 4.28. The molecule has 6 unspecified atom stereocenters. The maximum atomic E-state index is 11.9. The van der Waals surface area contributed by atoms with Crippen molar-refractivity contribution in [1.82, 2.24) is 0 Å². The lowest BCUT2D eigenvalue weighted by Gasteiger charge is -2.30. The predicted octanol–water partition coefficient (Wildman–Crippen LogP) is 1.23. The minimum Gasteiger partial charge on any atom is -0.458 e. The molecule has 3 aliphatic rings. The van der Waals surface area contributed by atoms with Crippen LogP contribution in [0.25, 0.3) is 0 Å². The van der Waals surface area contributed by atoms with Crippen molar-refractivity contribution in [2.45, 2.75) is 38.9 Å². The summed E-state index contributed by atoms with van der Waals surface area (Å²) in [6.07, 6.45) is 0.995. The average Bonchev–Trinajstić information content (AvgIpc) is 3.07. The molecule has 0 aromatic carbocycles. The van der Waals surface area contributed by atoms with Gasteiger partial charge in [0, 0.05) is 17.4 Å². The molecule has 120 valence electrons. The van der Waals surface area contributed by atoms with E-state index >= 15 is 0 Å². The average molecular weight is 308 g/mol. The van der Waals surface area contributed by atoms with E-state index < -0.39 is 24.6 Å². The highest BCUT2D eigenvalue weighted by atomic mass is 16.6. The second-order valence-corrected chi connectivity index (χ2v) is 6.37. The van der Waals surface area contributed by atoms with Crippen LogP contribution in [0.15, 0.2) is 12.2 Å². The van der Waals surface area contributed by atoms with E-state index in [-0.39, 0.29) is 41.3 Å². The third-order valence-electron chi connectivity index (χ3n) is 5.12. The largest absolute Gasteiger partial charge is 0.458 e. The van der Waals surface area contributed by atoms with Gasteiger partial charge in [0.15, 0.2) is 6.61 Å². The Labute approximate surface area is 128 Å². The summed E-state index contributed by atoms with van der Waals surface area (Å²) in [5.74, 6) is -0.875. The summed E-state index contributed by atoms with van der Waals surface area (Å²) in [6.45, 7) is 6.55. The molecule has 2 saturated carbocycles. The normalized spacial score (nSPS) is 37.8. The van der Waals surface area contributed by atoms with Gasteiger partial charge in [-0.3, -0.25) is 4.79 Å². The van der Waals surface area contributed by atoms with Gasteiger partial charge in [-0.2, -0.15) is 0 Å². The first-order valence-corrected chi connectivity index (χ1v) is 7.66. The molecule has 2 aliphatic carbocycles. The van der Waals surface area contributed by atoms with Gasteiger partial charge in [0.2, 0.25) is 0 Å². The van der Waals surface area contributed by atoms with E-state index in [1.807, 2.05) is 6.92 Å². The lowest BCUT2D eigenvalue weighted by atomic mass is 9.77. The molecular weight excluding hydrogens is 288 g/mol. The molecule has 6 nitrogen and oxygen atoms in total.